The molecule has 0 bridgehead atoms. The molecule has 6 heteroatoms. The fraction of sp³-hybridized carbons (Fsp3) is 0.667. The molecule has 0 radical (unpaired) electrons. The maximum Gasteiger partial charge on any atom is 0.271 e. The van der Waals surface area contributed by atoms with Gasteiger partial charge in [-0.05, 0) is 30.9 Å². The van der Waals surface area contributed by atoms with Gasteiger partial charge in [-0.3, -0.25) is 0 Å². The van der Waals surface area contributed by atoms with Crippen molar-refractivity contribution in [1.29, 1.82) is 0 Å². The summed E-state index contributed by atoms with van der Waals surface area (Å²) in [5.74, 6) is 1.27. The van der Waals surface area contributed by atoms with E-state index < -0.39 is 10.0 Å². The maximum atomic E-state index is 11.1. The van der Waals surface area contributed by atoms with E-state index in [-0.39, 0.29) is 5.09 Å². The zero-order valence-corrected chi connectivity index (χ0v) is 11.4. The zero-order chi connectivity index (χ0) is 13.2. The Kier molecular flexibility index (Phi) is 4.09. The molecule has 1 aromatic rings. The van der Waals surface area contributed by atoms with Crippen molar-refractivity contribution in [2.45, 2.75) is 50.3 Å². The van der Waals surface area contributed by atoms with Gasteiger partial charge in [0.1, 0.15) is 5.76 Å². The van der Waals surface area contributed by atoms with Crippen LogP contribution in [0.25, 0.3) is 0 Å². The molecular formula is C12H20N2O3S. The fourth-order valence-corrected chi connectivity index (χ4v) is 2.94. The van der Waals surface area contributed by atoms with Crippen molar-refractivity contribution in [3.05, 3.63) is 17.9 Å². The molecule has 102 valence electrons. The molecule has 1 aliphatic rings. The van der Waals surface area contributed by atoms with E-state index in [0.29, 0.717) is 24.3 Å². The average Bonchev–Trinajstić information content (AvgIpc) is 2.76. The van der Waals surface area contributed by atoms with E-state index >= 15 is 0 Å². The molecule has 2 rings (SSSR count). The summed E-state index contributed by atoms with van der Waals surface area (Å²) in [5.41, 5.74) is 0. The van der Waals surface area contributed by atoms with Crippen LogP contribution in [0.1, 0.15) is 38.4 Å². The van der Waals surface area contributed by atoms with Gasteiger partial charge in [-0.1, -0.05) is 19.8 Å². The Bertz CT molecular complexity index is 495. The van der Waals surface area contributed by atoms with E-state index in [1.165, 1.54) is 31.7 Å². The first-order valence-corrected chi connectivity index (χ1v) is 7.86. The zero-order valence-electron chi connectivity index (χ0n) is 10.6. The highest BCUT2D eigenvalue weighted by atomic mass is 32.2. The third-order valence-electron chi connectivity index (χ3n) is 3.57. The number of rotatable bonds is 4. The number of nitrogens with two attached hydrogens (primary N) is 1. The smallest absolute Gasteiger partial charge is 0.271 e. The van der Waals surface area contributed by atoms with Crippen molar-refractivity contribution in [1.82, 2.24) is 5.32 Å². The lowest BCUT2D eigenvalue weighted by Gasteiger charge is -2.29. The summed E-state index contributed by atoms with van der Waals surface area (Å²) in [5, 5.41) is 8.24. The Morgan fingerprint density at radius 2 is 2.11 bits per heavy atom. The molecule has 1 aromatic heterocycles. The largest absolute Gasteiger partial charge is 0.447 e. The Morgan fingerprint density at radius 3 is 2.72 bits per heavy atom. The number of sulfonamides is 1. The molecule has 1 fully saturated rings. The van der Waals surface area contributed by atoms with E-state index in [1.807, 2.05) is 0 Å². The van der Waals surface area contributed by atoms with E-state index in [1.54, 1.807) is 6.07 Å². The minimum absolute atomic E-state index is 0.170. The molecule has 0 aliphatic heterocycles. The van der Waals surface area contributed by atoms with Crippen LogP contribution in [-0.2, 0) is 16.6 Å². The molecule has 2 unspecified atom stereocenters. The molecule has 0 amide bonds. The van der Waals surface area contributed by atoms with Crippen molar-refractivity contribution in [3.8, 4) is 0 Å². The molecule has 5 nitrogen and oxygen atoms in total. The van der Waals surface area contributed by atoms with Gasteiger partial charge in [0.05, 0.1) is 6.54 Å². The van der Waals surface area contributed by atoms with Crippen LogP contribution in [0.3, 0.4) is 0 Å². The Morgan fingerprint density at radius 1 is 1.39 bits per heavy atom. The highest BCUT2D eigenvalue weighted by Gasteiger charge is 2.21. The van der Waals surface area contributed by atoms with Crippen molar-refractivity contribution < 1.29 is 12.8 Å². The molecular weight excluding hydrogens is 252 g/mol. The lowest BCUT2D eigenvalue weighted by atomic mass is 9.86. The second-order valence-corrected chi connectivity index (χ2v) is 6.51. The standard InChI is InChI=1S/C12H20N2O3S/c1-9-4-2-3-5-11(9)14-8-10-6-7-12(17-10)18(13,15)16/h6-7,9,11,14H,2-5,8H2,1H3,(H2,13,15,16). The highest BCUT2D eigenvalue weighted by Crippen LogP contribution is 2.24. The minimum Gasteiger partial charge on any atom is -0.447 e. The first-order chi connectivity index (χ1) is 8.47. The molecule has 2 atom stereocenters. The molecule has 18 heavy (non-hydrogen) atoms. The molecule has 0 spiro atoms. The van der Waals surface area contributed by atoms with Gasteiger partial charge in [0.15, 0.2) is 0 Å². The van der Waals surface area contributed by atoms with Crippen molar-refractivity contribution in [2.24, 2.45) is 11.1 Å². The predicted octanol–water partition coefficient (Wildman–Crippen LogP) is 1.60. The first kappa shape index (κ1) is 13.6. The lowest BCUT2D eigenvalue weighted by Crippen LogP contribution is -2.36. The first-order valence-electron chi connectivity index (χ1n) is 6.32. The van der Waals surface area contributed by atoms with E-state index in [4.69, 9.17) is 9.56 Å². The van der Waals surface area contributed by atoms with Gasteiger partial charge in [0, 0.05) is 6.04 Å². The van der Waals surface area contributed by atoms with Gasteiger partial charge in [0.2, 0.25) is 5.09 Å². The Hall–Kier alpha value is -0.850. The molecule has 1 heterocycles. The summed E-state index contributed by atoms with van der Waals surface area (Å²) in [6.07, 6.45) is 4.97. The SMILES string of the molecule is CC1CCCCC1NCc1ccc(S(N)(=O)=O)o1. The van der Waals surface area contributed by atoms with Gasteiger partial charge in [-0.15, -0.1) is 0 Å². The summed E-state index contributed by atoms with van der Waals surface area (Å²) in [6, 6.07) is 3.54. The van der Waals surface area contributed by atoms with Crippen LogP contribution in [0.15, 0.2) is 21.6 Å². The number of furan rings is 1. The van der Waals surface area contributed by atoms with Gasteiger partial charge < -0.3 is 9.73 Å². The molecule has 1 saturated carbocycles. The van der Waals surface area contributed by atoms with E-state index in [9.17, 15) is 8.42 Å². The van der Waals surface area contributed by atoms with Crippen molar-refractivity contribution in [2.75, 3.05) is 0 Å². The number of primary sulfonamides is 1. The summed E-state index contributed by atoms with van der Waals surface area (Å²) in [6.45, 7) is 2.79. The maximum absolute atomic E-state index is 11.1. The lowest BCUT2D eigenvalue weighted by molar-refractivity contribution is 0.270. The third-order valence-corrected chi connectivity index (χ3v) is 4.35. The number of hydrogen-bond donors (Lipinski definition) is 2. The summed E-state index contributed by atoms with van der Waals surface area (Å²) in [7, 11) is -3.73. The summed E-state index contributed by atoms with van der Waals surface area (Å²) in [4.78, 5) is 0. The second-order valence-electron chi connectivity index (χ2n) is 5.01. The van der Waals surface area contributed by atoms with Crippen LogP contribution in [0.5, 0.6) is 0 Å². The van der Waals surface area contributed by atoms with Crippen LogP contribution >= 0.6 is 0 Å². The molecule has 0 saturated heterocycles. The van der Waals surface area contributed by atoms with E-state index in [0.717, 1.165) is 0 Å². The van der Waals surface area contributed by atoms with Gasteiger partial charge in [-0.2, -0.15) is 0 Å². The van der Waals surface area contributed by atoms with Crippen LogP contribution in [-0.4, -0.2) is 14.5 Å². The molecule has 1 aliphatic carbocycles. The highest BCUT2D eigenvalue weighted by molar-refractivity contribution is 7.89. The van der Waals surface area contributed by atoms with Crippen LogP contribution in [0, 0.1) is 5.92 Å². The number of nitrogens with one attached hydrogen (secondary N) is 1. The normalized spacial score (nSPS) is 25.2. The van der Waals surface area contributed by atoms with Gasteiger partial charge >= 0.3 is 0 Å². The monoisotopic (exact) mass is 272 g/mol. The Labute approximate surface area is 108 Å². The van der Waals surface area contributed by atoms with Crippen molar-refractivity contribution in [3.63, 3.8) is 0 Å². The third kappa shape index (κ3) is 3.34. The second kappa shape index (κ2) is 5.42. The summed E-state index contributed by atoms with van der Waals surface area (Å²) >= 11 is 0. The average molecular weight is 272 g/mol. The topological polar surface area (TPSA) is 85.3 Å². The molecule has 3 N–H and O–H groups in total. The van der Waals surface area contributed by atoms with Crippen LogP contribution in [0.4, 0.5) is 0 Å². The fourth-order valence-electron chi connectivity index (χ4n) is 2.46. The minimum atomic E-state index is -3.73. The van der Waals surface area contributed by atoms with Gasteiger partial charge in [0.25, 0.3) is 10.0 Å². The van der Waals surface area contributed by atoms with Crippen molar-refractivity contribution >= 4 is 10.0 Å². The summed E-state index contributed by atoms with van der Waals surface area (Å²) < 4.78 is 27.3. The molecule has 0 aromatic carbocycles. The quantitative estimate of drug-likeness (QED) is 0.871. The van der Waals surface area contributed by atoms with E-state index in [2.05, 4.69) is 12.2 Å². The predicted molar refractivity (Wildman–Crippen MR) is 68.3 cm³/mol. The van der Waals surface area contributed by atoms with Crippen LogP contribution < -0.4 is 10.5 Å². The Balaban J connectivity index is 1.92. The van der Waals surface area contributed by atoms with Crippen LogP contribution in [0.2, 0.25) is 0 Å². The van der Waals surface area contributed by atoms with Gasteiger partial charge in [-0.25, -0.2) is 13.6 Å². The number of hydrogen-bond acceptors (Lipinski definition) is 4.